The van der Waals surface area contributed by atoms with Gasteiger partial charge in [-0.15, -0.1) is 0 Å². The molecule has 0 radical (unpaired) electrons. The van der Waals surface area contributed by atoms with Crippen LogP contribution in [0.25, 0.3) is 0 Å². The van der Waals surface area contributed by atoms with Gasteiger partial charge in [0, 0.05) is 6.42 Å². The van der Waals surface area contributed by atoms with Crippen molar-refractivity contribution in [2.45, 2.75) is 78.1 Å². The number of carbonyl (C=O) groups is 1. The Hall–Kier alpha value is -0.790. The Balaban J connectivity index is 2.08. The molecule has 1 heterocycles. The Bertz CT molecular complexity index is 266. The number of ether oxygens (including phenoxy) is 1. The van der Waals surface area contributed by atoms with E-state index in [1.54, 1.807) is 0 Å². The van der Waals surface area contributed by atoms with Crippen molar-refractivity contribution in [1.29, 1.82) is 0 Å². The number of esters is 1. The van der Waals surface area contributed by atoms with Crippen LogP contribution in [0.5, 0.6) is 0 Å². The Kier molecular flexibility index (Phi) is 6.99. The molecule has 98 valence electrons. The first-order valence-corrected chi connectivity index (χ1v) is 7.19. The Morgan fingerprint density at radius 3 is 2.29 bits per heavy atom. The summed E-state index contributed by atoms with van der Waals surface area (Å²) in [6.45, 7) is 4.34. The summed E-state index contributed by atoms with van der Waals surface area (Å²) < 4.78 is 5.25. The van der Waals surface area contributed by atoms with Crippen LogP contribution < -0.4 is 0 Å². The van der Waals surface area contributed by atoms with E-state index in [1.807, 2.05) is 0 Å². The molecule has 0 aliphatic carbocycles. The second-order valence-electron chi connectivity index (χ2n) is 4.90. The number of cyclic esters (lactones) is 1. The Labute approximate surface area is 105 Å². The molecule has 1 rings (SSSR count). The zero-order chi connectivity index (χ0) is 12.5. The lowest BCUT2D eigenvalue weighted by Gasteiger charge is -2.04. The Morgan fingerprint density at radius 2 is 1.65 bits per heavy atom. The highest BCUT2D eigenvalue weighted by Gasteiger charge is 2.21. The average molecular weight is 238 g/mol. The normalized spacial score (nSPS) is 15.5. The van der Waals surface area contributed by atoms with Crippen LogP contribution in [-0.2, 0) is 9.53 Å². The lowest BCUT2D eigenvalue weighted by Crippen LogP contribution is -1.93. The highest BCUT2D eigenvalue weighted by atomic mass is 16.5. The largest absolute Gasteiger partial charge is 0.431 e. The van der Waals surface area contributed by atoms with Gasteiger partial charge in [-0.1, -0.05) is 52.4 Å². The molecule has 17 heavy (non-hydrogen) atoms. The van der Waals surface area contributed by atoms with E-state index in [4.69, 9.17) is 4.74 Å². The number of unbranched alkanes of at least 4 members (excludes halogenated alkanes) is 6. The summed E-state index contributed by atoms with van der Waals surface area (Å²) in [5, 5.41) is 0. The summed E-state index contributed by atoms with van der Waals surface area (Å²) in [5.41, 5.74) is 1.22. The van der Waals surface area contributed by atoms with E-state index in [0.29, 0.717) is 6.42 Å². The van der Waals surface area contributed by atoms with Crippen LogP contribution in [-0.4, -0.2) is 5.97 Å². The first-order valence-electron chi connectivity index (χ1n) is 7.19. The predicted molar refractivity (Wildman–Crippen MR) is 70.6 cm³/mol. The highest BCUT2D eigenvalue weighted by molar-refractivity contribution is 5.76. The summed E-state index contributed by atoms with van der Waals surface area (Å²) in [7, 11) is 0. The zero-order valence-corrected chi connectivity index (χ0v) is 11.4. The second kappa shape index (κ2) is 8.32. The third-order valence-electron chi connectivity index (χ3n) is 3.42. The van der Waals surface area contributed by atoms with Crippen molar-refractivity contribution in [1.82, 2.24) is 0 Å². The molecule has 1 aliphatic rings. The molecule has 0 bridgehead atoms. The van der Waals surface area contributed by atoms with Gasteiger partial charge in [0.1, 0.15) is 5.76 Å². The molecule has 0 aromatic carbocycles. The summed E-state index contributed by atoms with van der Waals surface area (Å²) in [6.07, 6.45) is 11.6. The molecule has 0 saturated carbocycles. The van der Waals surface area contributed by atoms with Gasteiger partial charge < -0.3 is 4.74 Å². The van der Waals surface area contributed by atoms with Crippen molar-refractivity contribution in [2.75, 3.05) is 0 Å². The molecular formula is C15H26O2. The van der Waals surface area contributed by atoms with Gasteiger partial charge in [-0.2, -0.15) is 0 Å². The fourth-order valence-corrected chi connectivity index (χ4v) is 2.31. The van der Waals surface area contributed by atoms with Crippen molar-refractivity contribution in [3.63, 3.8) is 0 Å². The molecule has 0 unspecified atom stereocenters. The summed E-state index contributed by atoms with van der Waals surface area (Å²) in [5.74, 6) is 0.922. The molecule has 0 atom stereocenters. The summed E-state index contributed by atoms with van der Waals surface area (Å²) in [6, 6.07) is 0. The molecule has 0 amide bonds. The number of rotatable bonds is 9. The van der Waals surface area contributed by atoms with Gasteiger partial charge in [-0.3, -0.25) is 4.79 Å². The monoisotopic (exact) mass is 238 g/mol. The smallest absolute Gasteiger partial charge is 0.315 e. The molecule has 1 aliphatic heterocycles. The summed E-state index contributed by atoms with van der Waals surface area (Å²) >= 11 is 0. The second-order valence-corrected chi connectivity index (χ2v) is 4.90. The van der Waals surface area contributed by atoms with Crippen LogP contribution in [0.15, 0.2) is 11.3 Å². The minimum Gasteiger partial charge on any atom is -0.431 e. The van der Waals surface area contributed by atoms with E-state index >= 15 is 0 Å². The number of allylic oxidation sites excluding steroid dienone is 1. The maximum Gasteiger partial charge on any atom is 0.315 e. The minimum atomic E-state index is -0.0557. The number of carbonyl (C=O) groups excluding carboxylic acids is 1. The standard InChI is InChI=1S/C15H26O2/c1-3-5-6-7-8-9-10-11-14-13(4-2)12-15(16)17-14/h3-12H2,1-2H3. The van der Waals surface area contributed by atoms with E-state index in [2.05, 4.69) is 13.8 Å². The minimum absolute atomic E-state index is 0.0557. The highest BCUT2D eigenvalue weighted by Crippen LogP contribution is 2.27. The molecule has 0 fully saturated rings. The van der Waals surface area contributed by atoms with E-state index in [-0.39, 0.29) is 5.97 Å². The molecule has 0 aromatic heterocycles. The van der Waals surface area contributed by atoms with Crippen molar-refractivity contribution in [2.24, 2.45) is 0 Å². The van der Waals surface area contributed by atoms with Gasteiger partial charge in [0.2, 0.25) is 0 Å². The third-order valence-corrected chi connectivity index (χ3v) is 3.42. The van der Waals surface area contributed by atoms with Gasteiger partial charge >= 0.3 is 5.97 Å². The van der Waals surface area contributed by atoms with Crippen LogP contribution >= 0.6 is 0 Å². The van der Waals surface area contributed by atoms with E-state index in [9.17, 15) is 4.79 Å². The van der Waals surface area contributed by atoms with Crippen LogP contribution in [0.2, 0.25) is 0 Å². The first kappa shape index (κ1) is 14.3. The van der Waals surface area contributed by atoms with Gasteiger partial charge in [-0.05, 0) is 18.4 Å². The third kappa shape index (κ3) is 5.38. The summed E-state index contributed by atoms with van der Waals surface area (Å²) in [4.78, 5) is 11.2. The Morgan fingerprint density at radius 1 is 1.00 bits per heavy atom. The van der Waals surface area contributed by atoms with Gasteiger partial charge in [0.15, 0.2) is 0 Å². The lowest BCUT2D eigenvalue weighted by molar-refractivity contribution is -0.136. The van der Waals surface area contributed by atoms with Crippen molar-refractivity contribution in [3.05, 3.63) is 11.3 Å². The van der Waals surface area contributed by atoms with Crippen molar-refractivity contribution < 1.29 is 9.53 Å². The fourth-order valence-electron chi connectivity index (χ4n) is 2.31. The molecule has 2 nitrogen and oxygen atoms in total. The zero-order valence-electron chi connectivity index (χ0n) is 11.4. The SMILES string of the molecule is CCCCCCCCCC1=C(CC)CC(=O)O1. The molecular weight excluding hydrogens is 212 g/mol. The van der Waals surface area contributed by atoms with E-state index in [0.717, 1.165) is 25.0 Å². The van der Waals surface area contributed by atoms with E-state index in [1.165, 1.54) is 44.1 Å². The topological polar surface area (TPSA) is 26.3 Å². The van der Waals surface area contributed by atoms with Gasteiger partial charge in [0.05, 0.1) is 6.42 Å². The maximum atomic E-state index is 11.2. The average Bonchev–Trinajstić information content (AvgIpc) is 2.68. The molecule has 0 saturated heterocycles. The predicted octanol–water partition coefficient (Wildman–Crippen LogP) is 4.74. The first-order chi connectivity index (χ1) is 8.27. The van der Waals surface area contributed by atoms with Gasteiger partial charge in [-0.25, -0.2) is 0 Å². The number of hydrogen-bond acceptors (Lipinski definition) is 2. The maximum absolute atomic E-state index is 11.2. The molecule has 0 aromatic rings. The van der Waals surface area contributed by atoms with E-state index < -0.39 is 0 Å². The van der Waals surface area contributed by atoms with Crippen LogP contribution in [0.1, 0.15) is 78.1 Å². The van der Waals surface area contributed by atoms with Crippen molar-refractivity contribution in [3.8, 4) is 0 Å². The molecule has 0 N–H and O–H groups in total. The number of hydrogen-bond donors (Lipinski definition) is 0. The van der Waals surface area contributed by atoms with Crippen LogP contribution in [0.3, 0.4) is 0 Å². The molecule has 0 spiro atoms. The van der Waals surface area contributed by atoms with Crippen LogP contribution in [0, 0.1) is 0 Å². The fraction of sp³-hybridized carbons (Fsp3) is 0.800. The lowest BCUT2D eigenvalue weighted by atomic mass is 10.0. The van der Waals surface area contributed by atoms with Crippen molar-refractivity contribution >= 4 is 5.97 Å². The quantitative estimate of drug-likeness (QED) is 0.428. The van der Waals surface area contributed by atoms with Crippen LogP contribution in [0.4, 0.5) is 0 Å². The van der Waals surface area contributed by atoms with Gasteiger partial charge in [0.25, 0.3) is 0 Å². The molecule has 2 heteroatoms.